The predicted molar refractivity (Wildman–Crippen MR) is 322 cm³/mol. The zero-order chi connectivity index (χ0) is 75.0. The minimum Gasteiger partial charge on any atom is -0.463 e. The maximum absolute atomic E-state index is 14.3. The van der Waals surface area contributed by atoms with Gasteiger partial charge < -0.3 is 87.0 Å². The molecular weight excluding hydrogens is 1370 g/mol. The lowest BCUT2D eigenvalue weighted by Gasteiger charge is -2.44. The van der Waals surface area contributed by atoms with Crippen molar-refractivity contribution in [3.05, 3.63) is 70.6 Å². The number of hydrogen-bond acceptors (Lipinski definition) is 36. The molecule has 42 nitrogen and oxygen atoms in total. The number of esters is 12. The molecule has 4 aromatic rings. The van der Waals surface area contributed by atoms with Gasteiger partial charge in [0.15, 0.2) is 73.6 Å². The zero-order valence-corrected chi connectivity index (χ0v) is 56.6. The number of nitrogens with one attached hydrogen (secondary N) is 3. The van der Waals surface area contributed by atoms with Gasteiger partial charge in [-0.2, -0.15) is 0 Å². The first-order valence-corrected chi connectivity index (χ1v) is 30.8. The normalized spacial score (nSPS) is 24.3. The minimum absolute atomic E-state index is 0.0168. The second-order valence-electron chi connectivity index (χ2n) is 22.7. The number of carbonyl (C=O) groups excluding carboxylic acids is 15. The van der Waals surface area contributed by atoms with Gasteiger partial charge in [0, 0.05) is 99.8 Å². The maximum Gasteiger partial charge on any atom is 0.303 e. The lowest BCUT2D eigenvalue weighted by atomic mass is 9.97. The van der Waals surface area contributed by atoms with Gasteiger partial charge in [0.1, 0.15) is 55.2 Å². The van der Waals surface area contributed by atoms with Gasteiger partial charge in [-0.15, -0.1) is 15.3 Å². The van der Waals surface area contributed by atoms with Gasteiger partial charge in [-0.25, -0.2) is 14.0 Å². The highest BCUT2D eigenvalue weighted by molar-refractivity contribution is 6.04. The van der Waals surface area contributed by atoms with Crippen LogP contribution in [-0.2, 0) is 148 Å². The van der Waals surface area contributed by atoms with E-state index in [2.05, 4.69) is 46.9 Å². The number of aromatic nitrogens is 9. The number of benzene rings is 1. The number of rotatable bonds is 27. The largest absolute Gasteiger partial charge is 0.463 e. The summed E-state index contributed by atoms with van der Waals surface area (Å²) in [6, 6.07) is 3.30. The molecule has 3 aliphatic rings. The lowest BCUT2D eigenvalue weighted by molar-refractivity contribution is -0.270. The summed E-state index contributed by atoms with van der Waals surface area (Å²) in [7, 11) is 0. The summed E-state index contributed by atoms with van der Waals surface area (Å²) in [5.41, 5.74) is -1.04. The summed E-state index contributed by atoms with van der Waals surface area (Å²) in [5, 5.41) is 32.3. The van der Waals surface area contributed by atoms with E-state index < -0.39 is 221 Å². The number of ether oxygens (including phenoxy) is 15. The monoisotopic (exact) mass is 1440 g/mol. The van der Waals surface area contributed by atoms with E-state index in [1.807, 2.05) is 0 Å². The highest BCUT2D eigenvalue weighted by Crippen LogP contribution is 2.38. The molecule has 0 spiro atoms. The average molecular weight is 1440 g/mol. The van der Waals surface area contributed by atoms with Crippen LogP contribution in [0.3, 0.4) is 0 Å². The van der Waals surface area contributed by atoms with Crippen molar-refractivity contribution in [2.24, 2.45) is 0 Å². The molecule has 6 heterocycles. The van der Waals surface area contributed by atoms with Gasteiger partial charge in [0.05, 0.1) is 38.2 Å². The Balaban J connectivity index is 1.19. The van der Waals surface area contributed by atoms with Crippen molar-refractivity contribution in [2.45, 2.75) is 195 Å². The fraction of sp³-hybridized carbons (Fsp3) is 0.550. The van der Waals surface area contributed by atoms with Crippen molar-refractivity contribution in [3.8, 4) is 0 Å². The Kier molecular flexibility index (Phi) is 26.8. The molecule has 7 rings (SSSR count). The number of hydrogen-bond donors (Lipinski definition) is 3. The zero-order valence-electron chi connectivity index (χ0n) is 56.6. The Bertz CT molecular complexity index is 3440. The maximum atomic E-state index is 14.3. The van der Waals surface area contributed by atoms with Crippen molar-refractivity contribution in [2.75, 3.05) is 19.8 Å². The fourth-order valence-electron chi connectivity index (χ4n) is 10.7. The summed E-state index contributed by atoms with van der Waals surface area (Å²) >= 11 is 0. The molecule has 15 atom stereocenters. The third-order valence-corrected chi connectivity index (χ3v) is 14.4. The molecular formula is C60H72N12O30. The molecule has 3 aromatic heterocycles. The van der Waals surface area contributed by atoms with E-state index in [1.54, 1.807) is 0 Å². The topological polar surface area (TPSA) is 523 Å². The predicted octanol–water partition coefficient (Wildman–Crippen LogP) is -1.98. The average Bonchev–Trinajstić information content (AvgIpc) is 1.22. The molecule has 3 saturated heterocycles. The van der Waals surface area contributed by atoms with E-state index >= 15 is 0 Å². The number of carbonyl (C=O) groups is 15. The Morgan fingerprint density at radius 1 is 0.314 bits per heavy atom. The first-order valence-electron chi connectivity index (χ1n) is 30.8. The molecule has 3 aliphatic heterocycles. The minimum atomic E-state index is -1.60. The highest BCUT2D eigenvalue weighted by atomic mass is 16.7. The fourth-order valence-corrected chi connectivity index (χ4v) is 10.7. The van der Waals surface area contributed by atoms with Crippen LogP contribution in [0.1, 0.15) is 150 Å². The van der Waals surface area contributed by atoms with Crippen LogP contribution < -0.4 is 16.0 Å². The van der Waals surface area contributed by atoms with Crippen LogP contribution >= 0.6 is 0 Å². The number of nitrogens with zero attached hydrogens (tertiary/aromatic N) is 9. The number of amides is 3. The van der Waals surface area contributed by atoms with Gasteiger partial charge in [-0.1, -0.05) is 15.6 Å². The van der Waals surface area contributed by atoms with Crippen LogP contribution in [0.25, 0.3) is 0 Å². The molecule has 0 bridgehead atoms. The standard InChI is InChI=1S/C60H72N12O30/c1-25(73)88-22-43-46(91-28(4)76)49(94-31(7)79)52(97-34(10)82)58(100-43)70-19-40(64-67-70)16-61-55(85)37-13-38(56(86)62-17-41-20-71(68-65-41)59-53(98-35(11)83)50(95-32(8)80)47(92-29(5)77)44(101-59)23-89-26(2)74)15-39(14-37)57(87)63-18-42-21-72(69-66-42)60-54(99-36(12)84)51(96-33(9)81)48(93-30(6)78)45(102-60)24-90-27(3)75/h13-15,19-21,43-54,58-60H,16-18,22-24H2,1-12H3,(H,61,85)(H,62,86)(H,63,87)/t43-,44-,45-,46-,47-,48-,49+,50+,51+,52-,53-,54-,58-,59-,60-/m1/s1. The first kappa shape index (κ1) is 77.9. The van der Waals surface area contributed by atoms with Crippen molar-refractivity contribution >= 4 is 89.4 Å². The lowest BCUT2D eigenvalue weighted by Crippen LogP contribution is -2.60. The first-order chi connectivity index (χ1) is 48.1. The van der Waals surface area contributed by atoms with E-state index in [9.17, 15) is 71.9 Å². The van der Waals surface area contributed by atoms with Gasteiger partial charge in [0.25, 0.3) is 17.7 Å². The van der Waals surface area contributed by atoms with E-state index in [0.717, 1.165) is 115 Å². The molecule has 552 valence electrons. The summed E-state index contributed by atoms with van der Waals surface area (Å²) in [6.07, 6.45) is -19.1. The highest BCUT2D eigenvalue weighted by Gasteiger charge is 2.56. The Morgan fingerprint density at radius 3 is 0.725 bits per heavy atom. The summed E-state index contributed by atoms with van der Waals surface area (Å²) < 4.78 is 86.5. The van der Waals surface area contributed by atoms with Gasteiger partial charge in [0.2, 0.25) is 0 Å². The Hall–Kier alpha value is -11.4. The second kappa shape index (κ2) is 35.1. The van der Waals surface area contributed by atoms with Crippen LogP contribution in [0, 0.1) is 0 Å². The van der Waals surface area contributed by atoms with Crippen LogP contribution in [-0.4, -0.2) is 227 Å². The van der Waals surface area contributed by atoms with Crippen molar-refractivity contribution in [1.29, 1.82) is 0 Å². The SMILES string of the molecule is CC(=O)OC[C@H]1O[C@@H](n2cc(CNC(=O)c3cc(C(=O)NCc4cn([C@@H]5O[C@H](COC(C)=O)[C@@H](OC(C)=O)[C@H](OC(C)=O)[C@H]5OC(C)=O)nn4)cc(C(=O)NCc4cn([C@@H]5O[C@H](COC(C)=O)[C@@H](OC(C)=O)[C@H](OC(C)=O)[C@H]5OC(C)=O)nn4)c3)nn2)[C@H](OC(C)=O)[C@@H](OC(C)=O)[C@@H]1OC(C)=O. The van der Waals surface area contributed by atoms with Crippen LogP contribution in [0.15, 0.2) is 36.8 Å². The van der Waals surface area contributed by atoms with Gasteiger partial charge >= 0.3 is 71.6 Å². The Labute approximate surface area is 576 Å². The van der Waals surface area contributed by atoms with E-state index in [4.69, 9.17) is 71.1 Å². The van der Waals surface area contributed by atoms with Crippen molar-refractivity contribution in [1.82, 2.24) is 60.9 Å². The molecule has 42 heteroatoms. The summed E-state index contributed by atoms with van der Waals surface area (Å²) in [5.74, 6) is -13.2. The van der Waals surface area contributed by atoms with Crippen molar-refractivity contribution in [3.63, 3.8) is 0 Å². The molecule has 102 heavy (non-hydrogen) atoms. The molecule has 3 amide bonds. The summed E-state index contributed by atoms with van der Waals surface area (Å²) in [4.78, 5) is 191. The van der Waals surface area contributed by atoms with Crippen LogP contribution in [0.4, 0.5) is 0 Å². The third-order valence-electron chi connectivity index (χ3n) is 14.4. The smallest absolute Gasteiger partial charge is 0.303 e. The molecule has 0 unspecified atom stereocenters. The quantitative estimate of drug-likeness (QED) is 0.0430. The molecule has 0 saturated carbocycles. The van der Waals surface area contributed by atoms with E-state index in [1.165, 1.54) is 18.6 Å². The molecule has 0 aliphatic carbocycles. The van der Waals surface area contributed by atoms with E-state index in [-0.39, 0.29) is 33.8 Å². The molecule has 3 N–H and O–H groups in total. The molecule has 3 fully saturated rings. The summed E-state index contributed by atoms with van der Waals surface area (Å²) in [6.45, 7) is 9.49. The van der Waals surface area contributed by atoms with Crippen LogP contribution in [0.2, 0.25) is 0 Å². The van der Waals surface area contributed by atoms with Gasteiger partial charge in [-0.3, -0.25) is 71.9 Å². The van der Waals surface area contributed by atoms with Gasteiger partial charge in [-0.05, 0) is 18.2 Å². The molecule has 0 radical (unpaired) electrons. The third kappa shape index (κ3) is 21.5. The Morgan fingerprint density at radius 2 is 0.520 bits per heavy atom. The van der Waals surface area contributed by atoms with Crippen LogP contribution in [0.5, 0.6) is 0 Å². The van der Waals surface area contributed by atoms with Crippen molar-refractivity contribution < 1.29 is 143 Å². The van der Waals surface area contributed by atoms with E-state index in [0.29, 0.717) is 0 Å². The molecule has 1 aromatic carbocycles. The second-order valence-corrected chi connectivity index (χ2v) is 22.7.